The zero-order chi connectivity index (χ0) is 20.1. The molecule has 1 saturated heterocycles. The second-order valence-corrected chi connectivity index (χ2v) is 7.22. The Balaban J connectivity index is 1.49. The van der Waals surface area contributed by atoms with Crippen LogP contribution >= 0.6 is 0 Å². The number of nitrogens with one attached hydrogen (secondary N) is 2. The van der Waals surface area contributed by atoms with Crippen LogP contribution in [0.15, 0.2) is 66.9 Å². The summed E-state index contributed by atoms with van der Waals surface area (Å²) in [5, 5.41) is 6.78. The normalized spacial score (nSPS) is 14.5. The molecule has 1 aliphatic rings. The Kier molecular flexibility index (Phi) is 5.81. The lowest BCUT2D eigenvalue weighted by molar-refractivity contribution is 0.312. The first-order chi connectivity index (χ1) is 14.2. The fourth-order valence-electron chi connectivity index (χ4n) is 3.45. The Hall–Kier alpha value is -3.25. The van der Waals surface area contributed by atoms with Crippen LogP contribution in [0.25, 0.3) is 0 Å². The van der Waals surface area contributed by atoms with E-state index in [1.165, 1.54) is 5.69 Å². The molecule has 0 radical (unpaired) electrons. The number of anilines is 5. The molecular formula is C23H27N5O. The average molecular weight is 390 g/mol. The third kappa shape index (κ3) is 4.78. The second-order valence-electron chi connectivity index (χ2n) is 7.22. The zero-order valence-electron chi connectivity index (χ0n) is 16.9. The van der Waals surface area contributed by atoms with E-state index >= 15 is 0 Å². The lowest BCUT2D eigenvalue weighted by atomic mass is 10.2. The lowest BCUT2D eigenvalue weighted by Crippen LogP contribution is -2.44. The molecule has 0 unspecified atom stereocenters. The van der Waals surface area contributed by atoms with Crippen molar-refractivity contribution in [1.29, 1.82) is 0 Å². The van der Waals surface area contributed by atoms with Crippen molar-refractivity contribution in [3.05, 3.63) is 66.9 Å². The number of methoxy groups -OCH3 is 1. The quantitative estimate of drug-likeness (QED) is 0.655. The van der Waals surface area contributed by atoms with Crippen LogP contribution in [0.2, 0.25) is 0 Å². The van der Waals surface area contributed by atoms with Crippen LogP contribution in [0.1, 0.15) is 0 Å². The number of nitrogens with zero attached hydrogens (tertiary/aromatic N) is 3. The smallest absolute Gasteiger partial charge is 0.144 e. The average Bonchev–Trinajstić information content (AvgIpc) is 2.76. The number of hydrogen-bond acceptors (Lipinski definition) is 6. The van der Waals surface area contributed by atoms with Gasteiger partial charge in [-0.2, -0.15) is 0 Å². The molecular weight excluding hydrogens is 362 g/mol. The molecule has 0 saturated carbocycles. The fraction of sp³-hybridized carbons (Fsp3) is 0.261. The van der Waals surface area contributed by atoms with Crippen LogP contribution in [0.5, 0.6) is 5.75 Å². The van der Waals surface area contributed by atoms with Crippen molar-refractivity contribution in [3.8, 4) is 5.75 Å². The Morgan fingerprint density at radius 1 is 0.862 bits per heavy atom. The fourth-order valence-corrected chi connectivity index (χ4v) is 3.45. The van der Waals surface area contributed by atoms with Gasteiger partial charge >= 0.3 is 0 Å². The van der Waals surface area contributed by atoms with Gasteiger partial charge in [-0.05, 0) is 37.4 Å². The molecule has 6 nitrogen and oxygen atoms in total. The van der Waals surface area contributed by atoms with E-state index in [0.717, 1.165) is 54.8 Å². The highest BCUT2D eigenvalue weighted by molar-refractivity contribution is 5.71. The van der Waals surface area contributed by atoms with Crippen molar-refractivity contribution < 1.29 is 4.74 Å². The third-order valence-corrected chi connectivity index (χ3v) is 5.14. The predicted molar refractivity (Wildman–Crippen MR) is 120 cm³/mol. The summed E-state index contributed by atoms with van der Waals surface area (Å²) >= 11 is 0. The molecule has 150 valence electrons. The Labute approximate surface area is 172 Å². The van der Waals surface area contributed by atoms with Gasteiger partial charge in [-0.1, -0.05) is 18.2 Å². The van der Waals surface area contributed by atoms with Crippen molar-refractivity contribution in [2.24, 2.45) is 0 Å². The molecule has 0 atom stereocenters. The summed E-state index contributed by atoms with van der Waals surface area (Å²) in [4.78, 5) is 9.20. The van der Waals surface area contributed by atoms with Crippen LogP contribution in [0.4, 0.5) is 28.6 Å². The molecule has 6 heteroatoms. The van der Waals surface area contributed by atoms with Gasteiger partial charge in [0.25, 0.3) is 0 Å². The van der Waals surface area contributed by atoms with Gasteiger partial charge in [-0.15, -0.1) is 0 Å². The largest absolute Gasteiger partial charge is 0.494 e. The molecule has 2 aromatic carbocycles. The highest BCUT2D eigenvalue weighted by atomic mass is 16.5. The molecule has 2 N–H and O–H groups in total. The summed E-state index contributed by atoms with van der Waals surface area (Å²) in [6.07, 6.45) is 1.79. The van der Waals surface area contributed by atoms with E-state index in [0.29, 0.717) is 0 Å². The minimum absolute atomic E-state index is 0.761. The van der Waals surface area contributed by atoms with Gasteiger partial charge in [0.15, 0.2) is 0 Å². The molecule has 1 aliphatic heterocycles. The number of benzene rings is 2. The minimum atomic E-state index is 0.761. The topological polar surface area (TPSA) is 52.7 Å². The molecule has 1 aromatic heterocycles. The first-order valence-corrected chi connectivity index (χ1v) is 9.88. The van der Waals surface area contributed by atoms with Gasteiger partial charge in [-0.3, -0.25) is 0 Å². The van der Waals surface area contributed by atoms with Crippen LogP contribution in [-0.2, 0) is 0 Å². The van der Waals surface area contributed by atoms with Crippen LogP contribution < -0.4 is 20.3 Å². The van der Waals surface area contributed by atoms with Gasteiger partial charge in [0.05, 0.1) is 12.8 Å². The monoisotopic (exact) mass is 389 g/mol. The summed E-state index contributed by atoms with van der Waals surface area (Å²) in [5.41, 5.74) is 4.10. The standard InChI is InChI=1S/C23H27N5O/c1-27-12-14-28(15-13-27)20-8-9-21(22(17-20)29-2)26-23-16-19(10-11-24-23)25-18-6-4-3-5-7-18/h3-11,16-17H,12-15H2,1-2H3,(H2,24,25,26). The number of hydrogen-bond donors (Lipinski definition) is 2. The van der Waals surface area contributed by atoms with Gasteiger partial charge in [0.1, 0.15) is 11.6 Å². The SMILES string of the molecule is COc1cc(N2CCN(C)CC2)ccc1Nc1cc(Nc2ccccc2)ccn1. The Morgan fingerprint density at radius 2 is 1.66 bits per heavy atom. The van der Waals surface area contributed by atoms with Gasteiger partial charge in [0, 0.05) is 61.6 Å². The van der Waals surface area contributed by atoms with E-state index in [2.05, 4.69) is 50.7 Å². The highest BCUT2D eigenvalue weighted by Crippen LogP contribution is 2.32. The first-order valence-electron chi connectivity index (χ1n) is 9.88. The number of rotatable bonds is 6. The van der Waals surface area contributed by atoms with Crippen LogP contribution in [0, 0.1) is 0 Å². The van der Waals surface area contributed by atoms with E-state index in [9.17, 15) is 0 Å². The van der Waals surface area contributed by atoms with Crippen molar-refractivity contribution in [1.82, 2.24) is 9.88 Å². The maximum absolute atomic E-state index is 5.65. The number of pyridine rings is 1. The third-order valence-electron chi connectivity index (χ3n) is 5.14. The number of piperazine rings is 1. The molecule has 0 spiro atoms. The summed E-state index contributed by atoms with van der Waals surface area (Å²) < 4.78 is 5.65. The van der Waals surface area contributed by atoms with E-state index in [4.69, 9.17) is 4.74 Å². The van der Waals surface area contributed by atoms with E-state index in [1.54, 1.807) is 13.3 Å². The minimum Gasteiger partial charge on any atom is -0.494 e. The maximum Gasteiger partial charge on any atom is 0.144 e. The molecule has 3 aromatic rings. The van der Waals surface area contributed by atoms with Gasteiger partial charge in [0.2, 0.25) is 0 Å². The molecule has 0 bridgehead atoms. The summed E-state index contributed by atoms with van der Waals surface area (Å²) in [6.45, 7) is 4.21. The number of aromatic nitrogens is 1. The summed E-state index contributed by atoms with van der Waals surface area (Å²) in [7, 11) is 3.87. The predicted octanol–water partition coefficient (Wildman–Crippen LogP) is 4.33. The van der Waals surface area contributed by atoms with Gasteiger partial charge in [-0.25, -0.2) is 4.98 Å². The molecule has 0 amide bonds. The Morgan fingerprint density at radius 3 is 2.41 bits per heavy atom. The van der Waals surface area contributed by atoms with E-state index in [-0.39, 0.29) is 0 Å². The van der Waals surface area contributed by atoms with Crippen molar-refractivity contribution in [2.45, 2.75) is 0 Å². The molecule has 29 heavy (non-hydrogen) atoms. The van der Waals surface area contributed by atoms with Crippen molar-refractivity contribution in [3.63, 3.8) is 0 Å². The molecule has 2 heterocycles. The highest BCUT2D eigenvalue weighted by Gasteiger charge is 2.16. The molecule has 1 fully saturated rings. The first kappa shape index (κ1) is 19.1. The number of ether oxygens (including phenoxy) is 1. The van der Waals surface area contributed by atoms with Crippen LogP contribution in [0.3, 0.4) is 0 Å². The zero-order valence-corrected chi connectivity index (χ0v) is 16.9. The van der Waals surface area contributed by atoms with E-state index < -0.39 is 0 Å². The van der Waals surface area contributed by atoms with Crippen molar-refractivity contribution >= 4 is 28.6 Å². The van der Waals surface area contributed by atoms with Crippen molar-refractivity contribution in [2.75, 3.05) is 55.9 Å². The molecule has 4 rings (SSSR count). The summed E-state index contributed by atoms with van der Waals surface area (Å²) in [6, 6.07) is 20.3. The van der Waals surface area contributed by atoms with Gasteiger partial charge < -0.3 is 25.2 Å². The number of para-hydroxylation sites is 1. The lowest BCUT2D eigenvalue weighted by Gasteiger charge is -2.34. The summed E-state index contributed by atoms with van der Waals surface area (Å²) in [5.74, 6) is 1.57. The van der Waals surface area contributed by atoms with E-state index in [1.807, 2.05) is 42.5 Å². The maximum atomic E-state index is 5.65. The number of likely N-dealkylation sites (N-methyl/N-ethyl adjacent to an activating group) is 1. The Bertz CT molecular complexity index is 939. The molecule has 0 aliphatic carbocycles. The van der Waals surface area contributed by atoms with Crippen LogP contribution in [-0.4, -0.2) is 50.2 Å². The second kappa shape index (κ2) is 8.84.